The molecule has 1 aliphatic rings. The summed E-state index contributed by atoms with van der Waals surface area (Å²) in [5.41, 5.74) is -0.131. The average molecular weight is 451 g/mol. The molecule has 0 radical (unpaired) electrons. The van der Waals surface area contributed by atoms with Crippen LogP contribution in [0.1, 0.15) is 45.8 Å². The van der Waals surface area contributed by atoms with Crippen LogP contribution in [0.15, 0.2) is 9.52 Å². The Balaban J connectivity index is 0.00000288. The van der Waals surface area contributed by atoms with Crippen LogP contribution in [0.4, 0.5) is 0 Å². The first kappa shape index (κ1) is 21.1. The van der Waals surface area contributed by atoms with Crippen LogP contribution in [-0.2, 0) is 16.7 Å². The Morgan fingerprint density at radius 3 is 2.79 bits per heavy atom. The minimum absolute atomic E-state index is 0. The van der Waals surface area contributed by atoms with E-state index in [-0.39, 0.29) is 29.4 Å². The first-order valence-electron chi connectivity index (χ1n) is 8.30. The normalized spacial score (nSPS) is 18.6. The maximum Gasteiger partial charge on any atom is 0.232 e. The van der Waals surface area contributed by atoms with Gasteiger partial charge in [0.1, 0.15) is 0 Å². The number of nitrogens with zero attached hydrogens (tertiary/aromatic N) is 4. The van der Waals surface area contributed by atoms with Crippen molar-refractivity contribution in [1.82, 2.24) is 20.4 Å². The minimum atomic E-state index is -0.131. The standard InChI is InChI=1S/C16H29N5O2.HI/c1-6-22-11-12-7-8-21(10-12)15(17-5)18-9-13-19-14(23-20-13)16(2,3)4;/h12H,6-11H2,1-5H3,(H,17,18);1H. The zero-order chi connectivity index (χ0) is 16.9. The summed E-state index contributed by atoms with van der Waals surface area (Å²) >= 11 is 0. The van der Waals surface area contributed by atoms with Crippen LogP contribution in [0.2, 0.25) is 0 Å². The predicted molar refractivity (Wildman–Crippen MR) is 105 cm³/mol. The monoisotopic (exact) mass is 451 g/mol. The summed E-state index contributed by atoms with van der Waals surface area (Å²) in [6.45, 7) is 12.3. The fourth-order valence-electron chi connectivity index (χ4n) is 2.57. The van der Waals surface area contributed by atoms with E-state index in [1.165, 1.54) is 0 Å². The van der Waals surface area contributed by atoms with Crippen LogP contribution in [0.5, 0.6) is 0 Å². The quantitative estimate of drug-likeness (QED) is 0.421. The highest BCUT2D eigenvalue weighted by atomic mass is 127. The molecule has 1 N–H and O–H groups in total. The van der Waals surface area contributed by atoms with E-state index >= 15 is 0 Å². The highest BCUT2D eigenvalue weighted by molar-refractivity contribution is 14.0. The summed E-state index contributed by atoms with van der Waals surface area (Å²) < 4.78 is 10.8. The summed E-state index contributed by atoms with van der Waals surface area (Å²) in [4.78, 5) is 11.1. The van der Waals surface area contributed by atoms with Crippen LogP contribution in [-0.4, -0.2) is 54.4 Å². The van der Waals surface area contributed by atoms with Gasteiger partial charge in [0, 0.05) is 38.1 Å². The van der Waals surface area contributed by atoms with Gasteiger partial charge in [-0.05, 0) is 13.3 Å². The lowest BCUT2D eigenvalue weighted by atomic mass is 9.97. The Hall–Kier alpha value is -0.900. The van der Waals surface area contributed by atoms with Gasteiger partial charge in [-0.15, -0.1) is 24.0 Å². The second kappa shape index (κ2) is 9.55. The Morgan fingerprint density at radius 2 is 2.21 bits per heavy atom. The zero-order valence-corrected chi connectivity index (χ0v) is 17.7. The number of aliphatic imine (C=N–C) groups is 1. The van der Waals surface area contributed by atoms with Gasteiger partial charge in [-0.3, -0.25) is 4.99 Å². The molecule has 0 saturated carbocycles. The summed E-state index contributed by atoms with van der Waals surface area (Å²) in [6, 6.07) is 0. The van der Waals surface area contributed by atoms with Crippen molar-refractivity contribution in [1.29, 1.82) is 0 Å². The summed E-state index contributed by atoms with van der Waals surface area (Å²) in [6.07, 6.45) is 1.14. The highest BCUT2D eigenvalue weighted by Gasteiger charge is 2.25. The highest BCUT2D eigenvalue weighted by Crippen LogP contribution is 2.20. The van der Waals surface area contributed by atoms with Gasteiger partial charge in [-0.2, -0.15) is 4.98 Å². The van der Waals surface area contributed by atoms with Crippen LogP contribution in [0, 0.1) is 5.92 Å². The maximum atomic E-state index is 5.52. The molecule has 1 aromatic heterocycles. The number of nitrogens with one attached hydrogen (secondary N) is 1. The summed E-state index contributed by atoms with van der Waals surface area (Å²) in [7, 11) is 1.80. The van der Waals surface area contributed by atoms with E-state index in [1.54, 1.807) is 7.05 Å². The molecule has 0 spiro atoms. The van der Waals surface area contributed by atoms with E-state index in [2.05, 4.69) is 46.1 Å². The molecule has 1 fully saturated rings. The van der Waals surface area contributed by atoms with Gasteiger partial charge in [-0.1, -0.05) is 25.9 Å². The zero-order valence-electron chi connectivity index (χ0n) is 15.3. The first-order valence-corrected chi connectivity index (χ1v) is 8.30. The molecular weight excluding hydrogens is 421 g/mol. The number of likely N-dealkylation sites (tertiary alicyclic amines) is 1. The third-order valence-electron chi connectivity index (χ3n) is 3.87. The number of rotatable bonds is 5. The maximum absolute atomic E-state index is 5.52. The van der Waals surface area contributed by atoms with Crippen LogP contribution in [0.25, 0.3) is 0 Å². The third-order valence-corrected chi connectivity index (χ3v) is 3.87. The van der Waals surface area contributed by atoms with Crippen LogP contribution in [0.3, 0.4) is 0 Å². The van der Waals surface area contributed by atoms with Gasteiger partial charge in [0.2, 0.25) is 5.89 Å². The first-order chi connectivity index (χ1) is 10.9. The van der Waals surface area contributed by atoms with Crippen molar-refractivity contribution in [3.8, 4) is 0 Å². The van der Waals surface area contributed by atoms with Gasteiger partial charge in [0.25, 0.3) is 0 Å². The summed E-state index contributed by atoms with van der Waals surface area (Å²) in [5, 5.41) is 7.35. The molecule has 7 nitrogen and oxygen atoms in total. The third kappa shape index (κ3) is 5.87. The summed E-state index contributed by atoms with van der Waals surface area (Å²) in [5.74, 6) is 2.76. The van der Waals surface area contributed by atoms with Gasteiger partial charge in [0.15, 0.2) is 11.8 Å². The molecule has 1 aliphatic heterocycles. The van der Waals surface area contributed by atoms with E-state index in [0.29, 0.717) is 24.2 Å². The van der Waals surface area contributed by atoms with E-state index < -0.39 is 0 Å². The number of ether oxygens (including phenoxy) is 1. The molecule has 24 heavy (non-hydrogen) atoms. The second-order valence-corrected chi connectivity index (χ2v) is 6.93. The van der Waals surface area contributed by atoms with E-state index in [0.717, 1.165) is 38.7 Å². The molecule has 0 aromatic carbocycles. The van der Waals surface area contributed by atoms with Crippen LogP contribution >= 0.6 is 24.0 Å². The smallest absolute Gasteiger partial charge is 0.232 e. The molecule has 1 unspecified atom stereocenters. The Labute approximate surface area is 161 Å². The fraction of sp³-hybridized carbons (Fsp3) is 0.812. The molecule has 1 aromatic rings. The second-order valence-electron chi connectivity index (χ2n) is 6.93. The van der Waals surface area contributed by atoms with Crippen molar-refractivity contribution in [2.75, 3.05) is 33.4 Å². The van der Waals surface area contributed by atoms with Crippen molar-refractivity contribution in [2.24, 2.45) is 10.9 Å². The number of hydrogen-bond donors (Lipinski definition) is 1. The van der Waals surface area contributed by atoms with Crippen LogP contribution < -0.4 is 5.32 Å². The van der Waals surface area contributed by atoms with Gasteiger partial charge < -0.3 is 19.5 Å². The Kier molecular flexibility index (Phi) is 8.41. The molecule has 0 aliphatic carbocycles. The molecule has 8 heteroatoms. The molecule has 0 amide bonds. The van der Waals surface area contributed by atoms with Crippen molar-refractivity contribution < 1.29 is 9.26 Å². The number of guanidine groups is 1. The number of aromatic nitrogens is 2. The van der Waals surface area contributed by atoms with E-state index in [4.69, 9.17) is 9.26 Å². The Morgan fingerprint density at radius 1 is 1.46 bits per heavy atom. The fourth-order valence-corrected chi connectivity index (χ4v) is 2.57. The van der Waals surface area contributed by atoms with Crippen molar-refractivity contribution in [3.63, 3.8) is 0 Å². The predicted octanol–water partition coefficient (Wildman–Crippen LogP) is 2.42. The van der Waals surface area contributed by atoms with E-state index in [9.17, 15) is 0 Å². The topological polar surface area (TPSA) is 75.8 Å². The largest absolute Gasteiger partial charge is 0.381 e. The lowest BCUT2D eigenvalue weighted by Gasteiger charge is -2.21. The minimum Gasteiger partial charge on any atom is -0.381 e. The molecule has 1 atom stereocenters. The van der Waals surface area contributed by atoms with Crippen molar-refractivity contribution >= 4 is 29.9 Å². The van der Waals surface area contributed by atoms with Gasteiger partial charge in [-0.25, -0.2) is 0 Å². The Bertz CT molecular complexity index is 527. The average Bonchev–Trinajstić information content (AvgIpc) is 3.14. The molecule has 138 valence electrons. The number of hydrogen-bond acceptors (Lipinski definition) is 5. The molecule has 2 heterocycles. The van der Waals surface area contributed by atoms with Gasteiger partial charge >= 0.3 is 0 Å². The van der Waals surface area contributed by atoms with Gasteiger partial charge in [0.05, 0.1) is 13.2 Å². The lowest BCUT2D eigenvalue weighted by Crippen LogP contribution is -2.40. The van der Waals surface area contributed by atoms with Crippen molar-refractivity contribution in [3.05, 3.63) is 11.7 Å². The lowest BCUT2D eigenvalue weighted by molar-refractivity contribution is 0.114. The molecular formula is C16H30IN5O2. The molecule has 0 bridgehead atoms. The van der Waals surface area contributed by atoms with E-state index in [1.807, 2.05) is 6.92 Å². The molecule has 2 rings (SSSR count). The molecule has 1 saturated heterocycles. The SMILES string of the molecule is CCOCC1CCN(C(=NC)NCc2noc(C(C)(C)C)n2)C1.I. The van der Waals surface area contributed by atoms with Crippen molar-refractivity contribution in [2.45, 2.75) is 46.1 Å². The number of halogens is 1.